The number of ether oxygens (including phenoxy) is 1. The summed E-state index contributed by atoms with van der Waals surface area (Å²) in [5.41, 5.74) is 1.13. The van der Waals surface area contributed by atoms with Gasteiger partial charge in [-0.1, -0.05) is 19.1 Å². The quantitative estimate of drug-likeness (QED) is 0.885. The largest absolute Gasteiger partial charge is 0.377 e. The van der Waals surface area contributed by atoms with Gasteiger partial charge in [0, 0.05) is 13.2 Å². The molecule has 0 aliphatic carbocycles. The van der Waals surface area contributed by atoms with E-state index in [0.29, 0.717) is 11.4 Å². The summed E-state index contributed by atoms with van der Waals surface area (Å²) in [4.78, 5) is 0.317. The molecule has 18 heavy (non-hydrogen) atoms. The average molecular weight is 269 g/mol. The summed E-state index contributed by atoms with van der Waals surface area (Å²) in [5, 5.41) is 0. The molecule has 2 rings (SSSR count). The molecule has 1 aromatic rings. The topological polar surface area (TPSA) is 55.4 Å². The molecule has 100 valence electrons. The second kappa shape index (κ2) is 5.82. The first-order chi connectivity index (χ1) is 8.62. The minimum Gasteiger partial charge on any atom is -0.377 e. The maximum atomic E-state index is 12.0. The third-order valence-electron chi connectivity index (χ3n) is 3.17. The second-order valence-corrected chi connectivity index (χ2v) is 6.25. The lowest BCUT2D eigenvalue weighted by Crippen LogP contribution is -2.31. The van der Waals surface area contributed by atoms with Crippen LogP contribution in [0.2, 0.25) is 0 Å². The highest BCUT2D eigenvalue weighted by Gasteiger charge is 2.19. The van der Waals surface area contributed by atoms with E-state index in [1.54, 1.807) is 12.1 Å². The summed E-state index contributed by atoms with van der Waals surface area (Å²) in [6.07, 6.45) is 2.87. The Labute approximate surface area is 108 Å². The summed E-state index contributed by atoms with van der Waals surface area (Å²) < 4.78 is 32.0. The monoisotopic (exact) mass is 269 g/mol. The Morgan fingerprint density at radius 3 is 2.61 bits per heavy atom. The number of benzene rings is 1. The van der Waals surface area contributed by atoms with Crippen LogP contribution in [0.25, 0.3) is 0 Å². The van der Waals surface area contributed by atoms with Gasteiger partial charge in [0.15, 0.2) is 0 Å². The maximum Gasteiger partial charge on any atom is 0.240 e. The zero-order valence-corrected chi connectivity index (χ0v) is 11.4. The van der Waals surface area contributed by atoms with E-state index >= 15 is 0 Å². The van der Waals surface area contributed by atoms with Crippen molar-refractivity contribution in [2.24, 2.45) is 0 Å². The number of nitrogens with one attached hydrogen (secondary N) is 1. The molecule has 1 heterocycles. The highest BCUT2D eigenvalue weighted by Crippen LogP contribution is 2.14. The van der Waals surface area contributed by atoms with Crippen molar-refractivity contribution in [2.75, 3.05) is 13.2 Å². The Kier molecular flexibility index (Phi) is 4.37. The van der Waals surface area contributed by atoms with Crippen LogP contribution in [0.5, 0.6) is 0 Å². The van der Waals surface area contributed by atoms with Gasteiger partial charge in [-0.25, -0.2) is 13.1 Å². The average Bonchev–Trinajstić information content (AvgIpc) is 2.90. The Morgan fingerprint density at radius 1 is 1.33 bits per heavy atom. The van der Waals surface area contributed by atoms with Gasteiger partial charge in [0.05, 0.1) is 11.0 Å². The van der Waals surface area contributed by atoms with Gasteiger partial charge in [0.2, 0.25) is 10.0 Å². The summed E-state index contributed by atoms with van der Waals surface area (Å²) in [7, 11) is -3.40. The number of hydrogen-bond donors (Lipinski definition) is 1. The van der Waals surface area contributed by atoms with Crippen LogP contribution in [-0.4, -0.2) is 27.7 Å². The molecular weight excluding hydrogens is 250 g/mol. The van der Waals surface area contributed by atoms with Crippen molar-refractivity contribution in [1.82, 2.24) is 4.72 Å². The molecule has 0 amide bonds. The van der Waals surface area contributed by atoms with Crippen LogP contribution in [0.1, 0.15) is 25.3 Å². The Bertz CT molecular complexity index is 475. The first-order valence-corrected chi connectivity index (χ1v) is 7.80. The van der Waals surface area contributed by atoms with Crippen molar-refractivity contribution in [3.8, 4) is 0 Å². The van der Waals surface area contributed by atoms with E-state index in [4.69, 9.17) is 4.74 Å². The van der Waals surface area contributed by atoms with Crippen LogP contribution in [0.3, 0.4) is 0 Å². The molecule has 1 saturated heterocycles. The third kappa shape index (κ3) is 3.31. The van der Waals surface area contributed by atoms with E-state index in [9.17, 15) is 8.42 Å². The van der Waals surface area contributed by atoms with E-state index in [1.165, 1.54) is 0 Å². The lowest BCUT2D eigenvalue weighted by Gasteiger charge is -2.11. The molecule has 0 unspecified atom stereocenters. The molecule has 1 fully saturated rings. The van der Waals surface area contributed by atoms with Crippen LogP contribution in [0, 0.1) is 0 Å². The fourth-order valence-electron chi connectivity index (χ4n) is 2.00. The predicted octanol–water partition coefficient (Wildman–Crippen LogP) is 1.71. The van der Waals surface area contributed by atoms with Gasteiger partial charge in [-0.15, -0.1) is 0 Å². The minimum atomic E-state index is -3.40. The molecule has 1 atom stereocenters. The van der Waals surface area contributed by atoms with Gasteiger partial charge in [-0.2, -0.15) is 0 Å². The van der Waals surface area contributed by atoms with E-state index in [1.807, 2.05) is 19.1 Å². The van der Waals surface area contributed by atoms with Crippen LogP contribution >= 0.6 is 0 Å². The second-order valence-electron chi connectivity index (χ2n) is 4.48. The lowest BCUT2D eigenvalue weighted by atomic mass is 10.2. The summed E-state index contributed by atoms with van der Waals surface area (Å²) in [6, 6.07) is 6.99. The molecule has 0 saturated carbocycles. The third-order valence-corrected chi connectivity index (χ3v) is 4.61. The molecule has 0 radical (unpaired) electrons. The van der Waals surface area contributed by atoms with Crippen molar-refractivity contribution < 1.29 is 13.2 Å². The van der Waals surface area contributed by atoms with Crippen LogP contribution in [-0.2, 0) is 21.2 Å². The fraction of sp³-hybridized carbons (Fsp3) is 0.538. The molecule has 0 bridgehead atoms. The maximum absolute atomic E-state index is 12.0. The minimum absolute atomic E-state index is 0.0229. The molecule has 1 aliphatic rings. The van der Waals surface area contributed by atoms with Crippen molar-refractivity contribution in [3.05, 3.63) is 29.8 Å². The van der Waals surface area contributed by atoms with Crippen molar-refractivity contribution in [1.29, 1.82) is 0 Å². The van der Waals surface area contributed by atoms with Gasteiger partial charge in [0.1, 0.15) is 0 Å². The molecule has 5 heteroatoms. The molecule has 0 aromatic heterocycles. The van der Waals surface area contributed by atoms with E-state index in [-0.39, 0.29) is 6.10 Å². The van der Waals surface area contributed by atoms with Crippen LogP contribution in [0.15, 0.2) is 29.2 Å². The van der Waals surface area contributed by atoms with E-state index in [0.717, 1.165) is 31.4 Å². The highest BCUT2D eigenvalue weighted by molar-refractivity contribution is 7.89. The summed E-state index contributed by atoms with van der Waals surface area (Å²) in [5.74, 6) is 0. The predicted molar refractivity (Wildman–Crippen MR) is 70.0 cm³/mol. The molecule has 1 aromatic carbocycles. The number of rotatable bonds is 5. The zero-order valence-electron chi connectivity index (χ0n) is 10.6. The van der Waals surface area contributed by atoms with Gasteiger partial charge in [0.25, 0.3) is 0 Å². The normalized spacial score (nSPS) is 20.2. The Morgan fingerprint density at radius 2 is 2.06 bits per heavy atom. The first-order valence-electron chi connectivity index (χ1n) is 6.32. The van der Waals surface area contributed by atoms with Gasteiger partial charge < -0.3 is 4.74 Å². The van der Waals surface area contributed by atoms with Crippen LogP contribution in [0.4, 0.5) is 0 Å². The summed E-state index contributed by atoms with van der Waals surface area (Å²) >= 11 is 0. The lowest BCUT2D eigenvalue weighted by molar-refractivity contribution is 0.114. The fourth-order valence-corrected chi connectivity index (χ4v) is 3.06. The number of sulfonamides is 1. The van der Waals surface area contributed by atoms with Crippen molar-refractivity contribution in [3.63, 3.8) is 0 Å². The molecule has 1 aliphatic heterocycles. The Balaban J connectivity index is 2.00. The van der Waals surface area contributed by atoms with Gasteiger partial charge in [-0.05, 0) is 37.0 Å². The smallest absolute Gasteiger partial charge is 0.240 e. The van der Waals surface area contributed by atoms with E-state index < -0.39 is 10.0 Å². The molecule has 4 nitrogen and oxygen atoms in total. The van der Waals surface area contributed by atoms with E-state index in [2.05, 4.69) is 4.72 Å². The van der Waals surface area contributed by atoms with Crippen molar-refractivity contribution in [2.45, 2.75) is 37.2 Å². The molecule has 1 N–H and O–H groups in total. The Hall–Kier alpha value is -0.910. The van der Waals surface area contributed by atoms with Gasteiger partial charge in [-0.3, -0.25) is 0 Å². The summed E-state index contributed by atoms with van der Waals surface area (Å²) in [6.45, 7) is 3.13. The number of hydrogen-bond acceptors (Lipinski definition) is 3. The zero-order chi connectivity index (χ0) is 13.0. The molecular formula is C13H19NO3S. The van der Waals surface area contributed by atoms with Gasteiger partial charge >= 0.3 is 0 Å². The SMILES string of the molecule is CCc1ccc(S(=O)(=O)NC[C@H]2CCCO2)cc1. The molecule has 0 spiro atoms. The standard InChI is InChI=1S/C13H19NO3S/c1-2-11-5-7-13(8-6-11)18(15,16)14-10-12-4-3-9-17-12/h5-8,12,14H,2-4,9-10H2,1H3/t12-/m1/s1. The number of aryl methyl sites for hydroxylation is 1. The first kappa shape index (κ1) is 13.5. The highest BCUT2D eigenvalue weighted by atomic mass is 32.2. The van der Waals surface area contributed by atoms with Crippen LogP contribution < -0.4 is 4.72 Å². The van der Waals surface area contributed by atoms with Crippen molar-refractivity contribution >= 4 is 10.0 Å².